The molecule has 11 rings (SSSR count). The summed E-state index contributed by atoms with van der Waals surface area (Å²) in [5, 5.41) is 7.76. The average molecular weight is 719 g/mol. The molecule has 0 saturated heterocycles. The molecular weight excluding hydrogens is 677 g/mol. The van der Waals surface area contributed by atoms with Gasteiger partial charge in [0.25, 0.3) is 0 Å². The zero-order valence-electron chi connectivity index (χ0n) is 31.6. The minimum atomic E-state index is 1.07. The van der Waals surface area contributed by atoms with Crippen LogP contribution < -0.4 is 0 Å². The monoisotopic (exact) mass is 718 g/mol. The van der Waals surface area contributed by atoms with Gasteiger partial charge in [-0.2, -0.15) is 0 Å². The van der Waals surface area contributed by atoms with Crippen LogP contribution in [0, 0.1) is 0 Å². The number of fused-ring (bicyclic) bond motifs is 8. The van der Waals surface area contributed by atoms with E-state index in [1.54, 1.807) is 0 Å². The summed E-state index contributed by atoms with van der Waals surface area (Å²) in [6, 6.07) is 58.8. The predicted molar refractivity (Wildman–Crippen MR) is 235 cm³/mol. The molecule has 0 saturated carbocycles. The van der Waals surface area contributed by atoms with Crippen LogP contribution in [0.1, 0.15) is 48.2 Å². The Hall–Kier alpha value is -6.38. The molecule has 0 fully saturated rings. The summed E-state index contributed by atoms with van der Waals surface area (Å²) in [4.78, 5) is 10.2. The highest BCUT2D eigenvalue weighted by molar-refractivity contribution is 6.25. The molecule has 9 aromatic rings. The number of hydrogen-bond acceptors (Lipinski definition) is 2. The quantitative estimate of drug-likeness (QED) is 0.166. The van der Waals surface area contributed by atoms with E-state index in [4.69, 9.17) is 9.97 Å². The molecule has 2 nitrogen and oxygen atoms in total. The molecule has 0 spiro atoms. The van der Waals surface area contributed by atoms with E-state index in [1.807, 2.05) is 0 Å². The van der Waals surface area contributed by atoms with Crippen molar-refractivity contribution in [3.63, 3.8) is 0 Å². The van der Waals surface area contributed by atoms with E-state index < -0.39 is 0 Å². The van der Waals surface area contributed by atoms with Crippen molar-refractivity contribution >= 4 is 32.3 Å². The second-order valence-corrected chi connectivity index (χ2v) is 15.8. The van der Waals surface area contributed by atoms with E-state index in [9.17, 15) is 0 Å². The first-order valence-electron chi connectivity index (χ1n) is 20.4. The maximum Gasteiger partial charge on any atom is 0.0705 e. The Bertz CT molecular complexity index is 2800. The summed E-state index contributed by atoms with van der Waals surface area (Å²) >= 11 is 0. The second kappa shape index (κ2) is 13.7. The first-order valence-corrected chi connectivity index (χ1v) is 20.4. The van der Waals surface area contributed by atoms with E-state index in [0.717, 1.165) is 37.1 Å². The van der Waals surface area contributed by atoms with Crippen molar-refractivity contribution in [2.45, 2.75) is 51.4 Å². The van der Waals surface area contributed by atoms with Crippen LogP contribution in [0.4, 0.5) is 0 Å². The van der Waals surface area contributed by atoms with E-state index in [0.29, 0.717) is 0 Å². The summed E-state index contributed by atoms with van der Waals surface area (Å²) in [5.41, 5.74) is 17.1. The molecule has 2 heterocycles. The van der Waals surface area contributed by atoms with Gasteiger partial charge >= 0.3 is 0 Å². The third-order valence-corrected chi connectivity index (χ3v) is 12.4. The van der Waals surface area contributed by atoms with Gasteiger partial charge in [-0.25, -0.2) is 0 Å². The Balaban J connectivity index is 1.02. The van der Waals surface area contributed by atoms with Crippen LogP contribution in [0.25, 0.3) is 88.2 Å². The lowest BCUT2D eigenvalue weighted by Gasteiger charge is -2.16. The Morgan fingerprint density at radius 2 is 0.643 bits per heavy atom. The first-order chi connectivity index (χ1) is 27.7. The largest absolute Gasteiger partial charge is 0.253 e. The van der Waals surface area contributed by atoms with Gasteiger partial charge in [0.15, 0.2) is 0 Å². The molecule has 2 heteroatoms. The van der Waals surface area contributed by atoms with Crippen LogP contribution >= 0.6 is 0 Å². The van der Waals surface area contributed by atoms with Gasteiger partial charge in [0.2, 0.25) is 0 Å². The molecule has 0 aliphatic heterocycles. The van der Waals surface area contributed by atoms with Crippen molar-refractivity contribution in [1.29, 1.82) is 0 Å². The number of rotatable bonds is 5. The number of hydrogen-bond donors (Lipinski definition) is 0. The molecule has 2 aliphatic carbocycles. The van der Waals surface area contributed by atoms with E-state index >= 15 is 0 Å². The highest BCUT2D eigenvalue weighted by atomic mass is 14.7. The molecule has 2 aliphatic rings. The fraction of sp³-hybridized carbons (Fsp3) is 0.148. The fourth-order valence-corrected chi connectivity index (χ4v) is 9.37. The van der Waals surface area contributed by atoms with Crippen molar-refractivity contribution in [3.8, 4) is 55.9 Å². The van der Waals surface area contributed by atoms with Crippen LogP contribution in [0.5, 0.6) is 0 Å². The van der Waals surface area contributed by atoms with Gasteiger partial charge in [-0.1, -0.05) is 121 Å². The maximum atomic E-state index is 5.10. The average Bonchev–Trinajstić information content (AvgIpc) is 3.28. The summed E-state index contributed by atoms with van der Waals surface area (Å²) in [7, 11) is 0. The van der Waals surface area contributed by atoms with Crippen LogP contribution in [-0.4, -0.2) is 9.97 Å². The highest BCUT2D eigenvalue weighted by Gasteiger charge is 2.16. The van der Waals surface area contributed by atoms with E-state index in [1.165, 1.54) is 125 Å². The topological polar surface area (TPSA) is 25.8 Å². The molecule has 0 amide bonds. The lowest BCUT2D eigenvalue weighted by Crippen LogP contribution is -2.05. The lowest BCUT2D eigenvalue weighted by molar-refractivity contribution is 0.668. The molecule has 268 valence electrons. The van der Waals surface area contributed by atoms with Gasteiger partial charge in [0, 0.05) is 22.5 Å². The molecule has 0 unspecified atom stereocenters. The lowest BCUT2D eigenvalue weighted by atomic mass is 9.89. The van der Waals surface area contributed by atoms with Gasteiger partial charge in [-0.15, -0.1) is 0 Å². The first kappa shape index (κ1) is 33.0. The molecule has 0 bridgehead atoms. The predicted octanol–water partition coefficient (Wildman–Crippen LogP) is 14.0. The van der Waals surface area contributed by atoms with Crippen LogP contribution in [0.2, 0.25) is 0 Å². The van der Waals surface area contributed by atoms with Crippen molar-refractivity contribution in [2.24, 2.45) is 0 Å². The number of nitrogens with zero attached hydrogens (tertiary/aromatic N) is 2. The maximum absolute atomic E-state index is 5.10. The summed E-state index contributed by atoms with van der Waals surface area (Å²) in [6.45, 7) is 0. The number of pyridine rings is 2. The molecule has 0 atom stereocenters. The Labute approximate surface area is 328 Å². The van der Waals surface area contributed by atoms with Gasteiger partial charge < -0.3 is 0 Å². The van der Waals surface area contributed by atoms with Crippen LogP contribution in [-0.2, 0) is 25.7 Å². The summed E-state index contributed by atoms with van der Waals surface area (Å²) < 4.78 is 0. The number of benzene rings is 7. The number of aryl methyl sites for hydroxylation is 4. The van der Waals surface area contributed by atoms with Gasteiger partial charge in [-0.05, 0) is 165 Å². The zero-order valence-corrected chi connectivity index (χ0v) is 31.6. The van der Waals surface area contributed by atoms with Crippen molar-refractivity contribution in [2.75, 3.05) is 0 Å². The molecule has 7 aromatic carbocycles. The van der Waals surface area contributed by atoms with Crippen molar-refractivity contribution < 1.29 is 0 Å². The molecule has 0 N–H and O–H groups in total. The van der Waals surface area contributed by atoms with Crippen molar-refractivity contribution in [1.82, 2.24) is 9.97 Å². The third kappa shape index (κ3) is 5.88. The highest BCUT2D eigenvalue weighted by Crippen LogP contribution is 2.40. The standard InChI is InChI=1S/C54H42N2/c1-7-15-51-37(9-1)26-29-53(55-51)39-21-17-35(18-22-39)42-31-43(36-19-23-40(24-20-36)54-30-27-38-10-2-8-16-52(38)56-54)33-44(32-42)41-25-28-49-47-13-4-3-11-45(47)46-12-5-6-14-48(46)50(49)34-41/h3-6,11-14,17-34H,1-2,7-10,15-16H2. The normalized spacial score (nSPS) is 13.9. The zero-order chi connectivity index (χ0) is 37.0. The third-order valence-electron chi connectivity index (χ3n) is 12.4. The molecule has 0 radical (unpaired) electrons. The molecule has 2 aromatic heterocycles. The second-order valence-electron chi connectivity index (χ2n) is 15.8. The van der Waals surface area contributed by atoms with Crippen LogP contribution in [0.3, 0.4) is 0 Å². The van der Waals surface area contributed by atoms with E-state index in [-0.39, 0.29) is 0 Å². The Morgan fingerprint density at radius 1 is 0.268 bits per heavy atom. The number of aromatic nitrogens is 2. The minimum Gasteiger partial charge on any atom is -0.253 e. The van der Waals surface area contributed by atoms with Gasteiger partial charge in [-0.3, -0.25) is 9.97 Å². The smallest absolute Gasteiger partial charge is 0.0705 e. The summed E-state index contributed by atoms with van der Waals surface area (Å²) in [5.74, 6) is 0. The minimum absolute atomic E-state index is 1.07. The SMILES string of the molecule is c1ccc2c(c1)c1ccccc1c1cc(-c3cc(-c4ccc(-c5ccc6c(n5)CCCC6)cc4)cc(-c4ccc(-c5ccc6c(n5)CCCC6)cc4)c3)ccc21. The van der Waals surface area contributed by atoms with Crippen molar-refractivity contribution in [3.05, 3.63) is 180 Å². The fourth-order valence-electron chi connectivity index (χ4n) is 9.37. The Kier molecular flexibility index (Phi) is 8.09. The Morgan fingerprint density at radius 3 is 1.12 bits per heavy atom. The molecular formula is C54H42N2. The summed E-state index contributed by atoms with van der Waals surface area (Å²) in [6.07, 6.45) is 9.48. The van der Waals surface area contributed by atoms with Gasteiger partial charge in [0.05, 0.1) is 11.4 Å². The van der Waals surface area contributed by atoms with E-state index in [2.05, 4.69) is 158 Å². The van der Waals surface area contributed by atoms with Crippen LogP contribution in [0.15, 0.2) is 158 Å². The molecule has 56 heavy (non-hydrogen) atoms. The van der Waals surface area contributed by atoms with Gasteiger partial charge in [0.1, 0.15) is 0 Å².